The molecular weight excluding hydrogens is 481 g/mol. The van der Waals surface area contributed by atoms with E-state index in [9.17, 15) is 28.4 Å². The molecule has 0 aromatic carbocycles. The van der Waals surface area contributed by atoms with Crippen LogP contribution in [0.3, 0.4) is 0 Å². The first-order valence-electron chi connectivity index (χ1n) is 11.3. The third-order valence-corrected chi connectivity index (χ3v) is 5.93. The second-order valence-corrected chi connectivity index (χ2v) is 9.20. The van der Waals surface area contributed by atoms with Gasteiger partial charge >= 0.3 is 0 Å². The van der Waals surface area contributed by atoms with E-state index in [4.69, 9.17) is 11.6 Å². The van der Waals surface area contributed by atoms with Crippen LogP contribution in [0.25, 0.3) is 0 Å². The molecule has 0 radical (unpaired) electrons. The molecule has 35 heavy (non-hydrogen) atoms. The maximum Gasteiger partial charge on any atom is 0.289 e. The number of pyridine rings is 1. The number of hydrogen-bond donors (Lipinski definition) is 4. The Morgan fingerprint density at radius 1 is 1.29 bits per heavy atom. The Balaban J connectivity index is 1.81. The molecule has 2 fully saturated rings. The summed E-state index contributed by atoms with van der Waals surface area (Å²) in [5.41, 5.74) is -0.231. The van der Waals surface area contributed by atoms with Gasteiger partial charge in [0.15, 0.2) is 0 Å². The summed E-state index contributed by atoms with van der Waals surface area (Å²) in [6.45, 7) is 4.52. The first-order chi connectivity index (χ1) is 16.6. The number of nitrogens with zero attached hydrogens (tertiary/aromatic N) is 1. The van der Waals surface area contributed by atoms with Crippen LogP contribution in [0.15, 0.2) is 24.4 Å². The van der Waals surface area contributed by atoms with E-state index >= 15 is 0 Å². The quantitative estimate of drug-likeness (QED) is 0.263. The summed E-state index contributed by atoms with van der Waals surface area (Å²) in [5.74, 6) is -4.32. The van der Waals surface area contributed by atoms with E-state index in [0.717, 1.165) is 12.8 Å². The topological polar surface area (TPSA) is 146 Å². The van der Waals surface area contributed by atoms with Gasteiger partial charge in [0.2, 0.25) is 11.7 Å². The summed E-state index contributed by atoms with van der Waals surface area (Å²) >= 11 is 5.99. The van der Waals surface area contributed by atoms with E-state index in [1.165, 1.54) is 12.3 Å². The van der Waals surface area contributed by atoms with Crippen molar-refractivity contribution < 1.29 is 28.4 Å². The highest BCUT2D eigenvalue weighted by molar-refractivity contribution is 6.38. The van der Waals surface area contributed by atoms with Gasteiger partial charge in [0.25, 0.3) is 17.7 Å². The summed E-state index contributed by atoms with van der Waals surface area (Å²) in [6, 6.07) is -0.246. The third kappa shape index (κ3) is 7.08. The Morgan fingerprint density at radius 2 is 2.00 bits per heavy atom. The molecule has 1 saturated heterocycles. The second kappa shape index (κ2) is 11.4. The summed E-state index contributed by atoms with van der Waals surface area (Å²) in [4.78, 5) is 67.0. The zero-order valence-electron chi connectivity index (χ0n) is 19.2. The van der Waals surface area contributed by atoms with Gasteiger partial charge in [0.05, 0.1) is 23.3 Å². The van der Waals surface area contributed by atoms with Gasteiger partial charge in [-0.1, -0.05) is 18.2 Å². The second-order valence-electron chi connectivity index (χ2n) is 8.76. The maximum absolute atomic E-state index is 13.2. The number of amides is 4. The van der Waals surface area contributed by atoms with Gasteiger partial charge in [-0.05, 0) is 38.7 Å². The van der Waals surface area contributed by atoms with E-state index < -0.39 is 42.1 Å². The number of Topliss-reactive ketones (excluding diaryl/α,β-unsaturated/α-hetero) is 1. The highest BCUT2D eigenvalue weighted by Crippen LogP contribution is 2.23. The molecule has 4 N–H and O–H groups in total. The molecule has 1 aliphatic heterocycles. The lowest BCUT2D eigenvalue weighted by Crippen LogP contribution is -2.49. The van der Waals surface area contributed by atoms with Crippen LogP contribution in [0, 0.1) is 5.92 Å². The van der Waals surface area contributed by atoms with Gasteiger partial charge in [-0.2, -0.15) is 0 Å². The summed E-state index contributed by atoms with van der Waals surface area (Å²) in [6.07, 6.45) is 2.89. The Hall–Kier alpha value is -3.34. The predicted octanol–water partition coefficient (Wildman–Crippen LogP) is 1.45. The van der Waals surface area contributed by atoms with Crippen LogP contribution >= 0.6 is 11.6 Å². The highest BCUT2D eigenvalue weighted by Gasteiger charge is 2.37. The SMILES string of the molecule is C=C(CCF)C(=O)Nc1ncc(Cl)cc1C(=O)N[C@@H](C[C@@H]1C[C@@H](C)NC1=O)C(=O)C(=O)NC1CC1. The molecule has 1 saturated carbocycles. The molecule has 0 spiro atoms. The Kier molecular flexibility index (Phi) is 8.55. The van der Waals surface area contributed by atoms with Crippen LogP contribution in [0.1, 0.15) is 49.4 Å². The van der Waals surface area contributed by atoms with Gasteiger partial charge in [0.1, 0.15) is 5.82 Å². The van der Waals surface area contributed by atoms with Crippen molar-refractivity contribution in [3.8, 4) is 0 Å². The molecule has 1 aromatic heterocycles. The van der Waals surface area contributed by atoms with Gasteiger partial charge in [-0.25, -0.2) is 4.98 Å². The van der Waals surface area contributed by atoms with E-state index in [2.05, 4.69) is 32.8 Å². The van der Waals surface area contributed by atoms with Crippen molar-refractivity contribution in [1.82, 2.24) is 20.9 Å². The first-order valence-corrected chi connectivity index (χ1v) is 11.6. The minimum atomic E-state index is -1.30. The maximum atomic E-state index is 13.2. The molecule has 1 aromatic rings. The van der Waals surface area contributed by atoms with Crippen LogP contribution in [-0.4, -0.2) is 59.2 Å². The molecule has 10 nitrogen and oxygen atoms in total. The Morgan fingerprint density at radius 3 is 2.60 bits per heavy atom. The van der Waals surface area contributed by atoms with Crippen molar-refractivity contribution in [2.75, 3.05) is 12.0 Å². The number of anilines is 1. The van der Waals surface area contributed by atoms with Gasteiger partial charge in [0, 0.05) is 36.2 Å². The number of rotatable bonds is 11. The average molecular weight is 508 g/mol. The van der Waals surface area contributed by atoms with Crippen molar-refractivity contribution in [2.45, 2.75) is 57.2 Å². The Bertz CT molecular complexity index is 1060. The Labute approximate surface area is 206 Å². The van der Waals surface area contributed by atoms with E-state index in [-0.39, 0.29) is 52.8 Å². The van der Waals surface area contributed by atoms with Crippen LogP contribution in [0.2, 0.25) is 5.02 Å². The summed E-state index contributed by atoms with van der Waals surface area (Å²) < 4.78 is 12.6. The standard InChI is InChI=1S/C23H27ClFN5O5/c1-11(5-6-25)20(32)30-19-16(9-14(24)10-26-19)22(34)29-17(8-13-7-12(2)27-21(13)33)18(31)23(35)28-15-3-4-15/h9-10,12-13,15,17H,1,3-8H2,2H3,(H,27,33)(H,28,35)(H,29,34)(H,26,30,32)/t12-,13+,17+/m1/s1. The molecule has 188 valence electrons. The molecule has 12 heteroatoms. The molecule has 2 heterocycles. The fraction of sp³-hybridized carbons (Fsp3) is 0.478. The molecular formula is C23H27ClFN5O5. The number of hydrogen-bond acceptors (Lipinski definition) is 6. The zero-order chi connectivity index (χ0) is 25.7. The molecule has 2 aliphatic rings. The zero-order valence-corrected chi connectivity index (χ0v) is 19.9. The van der Waals surface area contributed by atoms with Crippen LogP contribution < -0.4 is 21.3 Å². The monoisotopic (exact) mass is 507 g/mol. The smallest absolute Gasteiger partial charge is 0.289 e. The summed E-state index contributed by atoms with van der Waals surface area (Å²) in [7, 11) is 0. The van der Waals surface area contributed by atoms with E-state index in [1.807, 2.05) is 6.92 Å². The minimum Gasteiger partial charge on any atom is -0.353 e. The van der Waals surface area contributed by atoms with Crippen molar-refractivity contribution in [1.29, 1.82) is 0 Å². The van der Waals surface area contributed by atoms with Crippen molar-refractivity contribution in [3.05, 3.63) is 35.0 Å². The number of carbonyl (C=O) groups excluding carboxylic acids is 5. The normalized spacial score (nSPS) is 19.9. The lowest BCUT2D eigenvalue weighted by atomic mass is 9.94. The number of carbonyl (C=O) groups is 5. The van der Waals surface area contributed by atoms with Crippen LogP contribution in [-0.2, 0) is 19.2 Å². The van der Waals surface area contributed by atoms with Gasteiger partial charge in [-0.3, -0.25) is 28.4 Å². The number of alkyl halides is 1. The molecule has 4 amide bonds. The number of ketones is 1. The van der Waals surface area contributed by atoms with Gasteiger partial charge < -0.3 is 21.3 Å². The van der Waals surface area contributed by atoms with Crippen molar-refractivity contribution >= 4 is 46.8 Å². The average Bonchev–Trinajstić information content (AvgIpc) is 3.56. The van der Waals surface area contributed by atoms with Crippen LogP contribution in [0.4, 0.5) is 10.2 Å². The first kappa shape index (κ1) is 26.3. The highest BCUT2D eigenvalue weighted by atomic mass is 35.5. The molecule has 0 unspecified atom stereocenters. The predicted molar refractivity (Wildman–Crippen MR) is 125 cm³/mol. The van der Waals surface area contributed by atoms with Crippen LogP contribution in [0.5, 0.6) is 0 Å². The lowest BCUT2D eigenvalue weighted by Gasteiger charge is -2.20. The number of halogens is 2. The molecule has 3 atom stereocenters. The van der Waals surface area contributed by atoms with Crippen molar-refractivity contribution in [2.24, 2.45) is 5.92 Å². The third-order valence-electron chi connectivity index (χ3n) is 5.72. The van der Waals surface area contributed by atoms with Gasteiger partial charge in [-0.15, -0.1) is 0 Å². The molecule has 1 aliphatic carbocycles. The summed E-state index contributed by atoms with van der Waals surface area (Å²) in [5, 5.41) is 10.3. The fourth-order valence-electron chi connectivity index (χ4n) is 3.69. The number of nitrogens with one attached hydrogen (secondary N) is 4. The fourth-order valence-corrected chi connectivity index (χ4v) is 3.84. The lowest BCUT2D eigenvalue weighted by molar-refractivity contribution is -0.139. The van der Waals surface area contributed by atoms with E-state index in [1.54, 1.807) is 0 Å². The van der Waals surface area contributed by atoms with Crippen molar-refractivity contribution in [3.63, 3.8) is 0 Å². The largest absolute Gasteiger partial charge is 0.353 e. The number of aromatic nitrogens is 1. The van der Waals surface area contributed by atoms with E-state index in [0.29, 0.717) is 6.42 Å². The molecule has 0 bridgehead atoms. The molecule has 3 rings (SSSR count). The minimum absolute atomic E-state index is 0.0539.